The highest BCUT2D eigenvalue weighted by Gasteiger charge is 2.16. The van der Waals surface area contributed by atoms with Crippen molar-refractivity contribution in [1.82, 2.24) is 4.90 Å². The molecule has 0 bridgehead atoms. The summed E-state index contributed by atoms with van der Waals surface area (Å²) in [5.41, 5.74) is 0.523. The highest BCUT2D eigenvalue weighted by Crippen LogP contribution is 2.10. The first-order valence-corrected chi connectivity index (χ1v) is 6.71. The standard InChI is InChI=1S/C15H21NO4/c1-3-4-8-16(9-10-20-2)14(17)12-6-5-7-13(11-12)15(18)19/h5-7,11H,3-4,8-10H2,1-2H3,(H,18,19). The molecule has 0 unspecified atom stereocenters. The van der Waals surface area contributed by atoms with E-state index in [0.29, 0.717) is 25.3 Å². The van der Waals surface area contributed by atoms with Gasteiger partial charge >= 0.3 is 5.97 Å². The van der Waals surface area contributed by atoms with Gasteiger partial charge in [-0.05, 0) is 24.6 Å². The summed E-state index contributed by atoms with van der Waals surface area (Å²) in [6.45, 7) is 3.68. The predicted molar refractivity (Wildman–Crippen MR) is 76.1 cm³/mol. The van der Waals surface area contributed by atoms with E-state index >= 15 is 0 Å². The number of carboxylic acid groups (broad SMARTS) is 1. The van der Waals surface area contributed by atoms with Crippen LogP contribution in [0.3, 0.4) is 0 Å². The molecule has 20 heavy (non-hydrogen) atoms. The summed E-state index contributed by atoms with van der Waals surface area (Å²) >= 11 is 0. The predicted octanol–water partition coefficient (Wildman–Crippen LogP) is 2.27. The largest absolute Gasteiger partial charge is 0.478 e. The molecule has 5 heteroatoms. The number of aromatic carboxylic acids is 1. The number of hydrogen-bond donors (Lipinski definition) is 1. The van der Waals surface area contributed by atoms with Crippen LogP contribution in [0.4, 0.5) is 0 Å². The third-order valence-corrected chi connectivity index (χ3v) is 2.99. The highest BCUT2D eigenvalue weighted by atomic mass is 16.5. The summed E-state index contributed by atoms with van der Waals surface area (Å²) in [6, 6.07) is 6.12. The smallest absolute Gasteiger partial charge is 0.335 e. The Morgan fingerprint density at radius 2 is 1.95 bits per heavy atom. The molecule has 0 spiro atoms. The lowest BCUT2D eigenvalue weighted by molar-refractivity contribution is 0.0692. The van der Waals surface area contributed by atoms with Crippen LogP contribution in [0.1, 0.15) is 40.5 Å². The Morgan fingerprint density at radius 1 is 1.25 bits per heavy atom. The second-order valence-electron chi connectivity index (χ2n) is 4.52. The summed E-state index contributed by atoms with van der Waals surface area (Å²) < 4.78 is 5.01. The van der Waals surface area contributed by atoms with Crippen LogP contribution in [0.2, 0.25) is 0 Å². The third kappa shape index (κ3) is 4.66. The van der Waals surface area contributed by atoms with Crippen LogP contribution in [-0.2, 0) is 4.74 Å². The van der Waals surface area contributed by atoms with Gasteiger partial charge in [-0.25, -0.2) is 4.79 Å². The number of carbonyl (C=O) groups excluding carboxylic acids is 1. The van der Waals surface area contributed by atoms with Gasteiger partial charge in [0.2, 0.25) is 0 Å². The number of ether oxygens (including phenoxy) is 1. The molecule has 0 saturated heterocycles. The van der Waals surface area contributed by atoms with Crippen molar-refractivity contribution >= 4 is 11.9 Å². The zero-order chi connectivity index (χ0) is 15.0. The molecule has 1 amide bonds. The van der Waals surface area contributed by atoms with Gasteiger partial charge in [-0.3, -0.25) is 4.79 Å². The van der Waals surface area contributed by atoms with E-state index < -0.39 is 5.97 Å². The fraction of sp³-hybridized carbons (Fsp3) is 0.467. The first kappa shape index (κ1) is 16.2. The van der Waals surface area contributed by atoms with E-state index in [0.717, 1.165) is 12.8 Å². The number of unbranched alkanes of at least 4 members (excludes halogenated alkanes) is 1. The quantitative estimate of drug-likeness (QED) is 0.792. The topological polar surface area (TPSA) is 66.8 Å². The van der Waals surface area contributed by atoms with Crippen molar-refractivity contribution < 1.29 is 19.4 Å². The van der Waals surface area contributed by atoms with Crippen LogP contribution in [-0.4, -0.2) is 48.7 Å². The molecule has 0 fully saturated rings. The van der Waals surface area contributed by atoms with Crippen molar-refractivity contribution in [3.05, 3.63) is 35.4 Å². The monoisotopic (exact) mass is 279 g/mol. The average Bonchev–Trinajstić information content (AvgIpc) is 2.47. The molecule has 0 radical (unpaired) electrons. The van der Waals surface area contributed by atoms with Crippen LogP contribution < -0.4 is 0 Å². The minimum atomic E-state index is -1.03. The van der Waals surface area contributed by atoms with E-state index in [1.807, 2.05) is 0 Å². The van der Waals surface area contributed by atoms with Crippen LogP contribution in [0.5, 0.6) is 0 Å². The van der Waals surface area contributed by atoms with Gasteiger partial charge in [0.05, 0.1) is 12.2 Å². The molecule has 0 aliphatic rings. The lowest BCUT2D eigenvalue weighted by Crippen LogP contribution is -2.34. The second-order valence-corrected chi connectivity index (χ2v) is 4.52. The molecule has 0 aliphatic carbocycles. The number of amides is 1. The molecular weight excluding hydrogens is 258 g/mol. The number of hydrogen-bond acceptors (Lipinski definition) is 3. The van der Waals surface area contributed by atoms with E-state index in [1.54, 1.807) is 24.1 Å². The van der Waals surface area contributed by atoms with Gasteiger partial charge in [-0.2, -0.15) is 0 Å². The van der Waals surface area contributed by atoms with Gasteiger partial charge < -0.3 is 14.7 Å². The van der Waals surface area contributed by atoms with E-state index in [1.165, 1.54) is 12.1 Å². The number of nitrogens with zero attached hydrogens (tertiary/aromatic N) is 1. The highest BCUT2D eigenvalue weighted by molar-refractivity contribution is 5.97. The third-order valence-electron chi connectivity index (χ3n) is 2.99. The normalized spacial score (nSPS) is 10.3. The molecule has 0 heterocycles. The van der Waals surface area contributed by atoms with Crippen molar-refractivity contribution in [3.8, 4) is 0 Å². The Hall–Kier alpha value is -1.88. The van der Waals surface area contributed by atoms with Gasteiger partial charge in [-0.15, -0.1) is 0 Å². The van der Waals surface area contributed by atoms with E-state index in [-0.39, 0.29) is 11.5 Å². The fourth-order valence-corrected chi connectivity index (χ4v) is 1.83. The zero-order valence-corrected chi connectivity index (χ0v) is 12.0. The molecule has 0 saturated carbocycles. The van der Waals surface area contributed by atoms with Gasteiger partial charge in [-0.1, -0.05) is 19.4 Å². The second kappa shape index (κ2) is 8.32. The van der Waals surface area contributed by atoms with Crippen LogP contribution in [0.25, 0.3) is 0 Å². The van der Waals surface area contributed by atoms with Crippen molar-refractivity contribution in [3.63, 3.8) is 0 Å². The summed E-state index contributed by atoms with van der Waals surface area (Å²) in [7, 11) is 1.59. The van der Waals surface area contributed by atoms with E-state index in [2.05, 4.69) is 6.92 Å². The Morgan fingerprint density at radius 3 is 2.55 bits per heavy atom. The molecule has 1 N–H and O–H groups in total. The maximum Gasteiger partial charge on any atom is 0.335 e. The average molecular weight is 279 g/mol. The molecular formula is C15H21NO4. The number of rotatable bonds is 8. The lowest BCUT2D eigenvalue weighted by Gasteiger charge is -2.22. The molecule has 5 nitrogen and oxygen atoms in total. The Kier molecular flexibility index (Phi) is 6.73. The summed E-state index contributed by atoms with van der Waals surface area (Å²) in [5.74, 6) is -1.18. The fourth-order valence-electron chi connectivity index (χ4n) is 1.83. The molecule has 110 valence electrons. The van der Waals surface area contributed by atoms with Gasteiger partial charge in [0, 0.05) is 25.8 Å². The van der Waals surface area contributed by atoms with Crippen LogP contribution in [0, 0.1) is 0 Å². The Balaban J connectivity index is 2.86. The van der Waals surface area contributed by atoms with Crippen molar-refractivity contribution in [2.75, 3.05) is 26.8 Å². The molecule has 1 rings (SSSR count). The van der Waals surface area contributed by atoms with E-state index in [9.17, 15) is 9.59 Å². The summed E-state index contributed by atoms with van der Waals surface area (Å²) in [6.07, 6.45) is 1.90. The van der Waals surface area contributed by atoms with Crippen LogP contribution in [0.15, 0.2) is 24.3 Å². The van der Waals surface area contributed by atoms with E-state index in [4.69, 9.17) is 9.84 Å². The number of carbonyl (C=O) groups is 2. The maximum atomic E-state index is 12.4. The zero-order valence-electron chi connectivity index (χ0n) is 12.0. The molecule has 1 aromatic rings. The SMILES string of the molecule is CCCCN(CCOC)C(=O)c1cccc(C(=O)O)c1. The van der Waals surface area contributed by atoms with Crippen LogP contribution >= 0.6 is 0 Å². The minimum Gasteiger partial charge on any atom is -0.478 e. The molecule has 0 atom stereocenters. The van der Waals surface area contributed by atoms with Gasteiger partial charge in [0.15, 0.2) is 0 Å². The molecule has 0 aromatic heterocycles. The van der Waals surface area contributed by atoms with Gasteiger partial charge in [0.1, 0.15) is 0 Å². The molecule has 0 aliphatic heterocycles. The van der Waals surface area contributed by atoms with Crippen molar-refractivity contribution in [2.24, 2.45) is 0 Å². The van der Waals surface area contributed by atoms with Gasteiger partial charge in [0.25, 0.3) is 5.91 Å². The van der Waals surface area contributed by atoms with Crippen molar-refractivity contribution in [2.45, 2.75) is 19.8 Å². The Labute approximate surface area is 119 Å². The first-order chi connectivity index (χ1) is 9.60. The first-order valence-electron chi connectivity index (χ1n) is 6.71. The number of methoxy groups -OCH3 is 1. The minimum absolute atomic E-state index is 0.123. The van der Waals surface area contributed by atoms with Crippen molar-refractivity contribution in [1.29, 1.82) is 0 Å². The number of benzene rings is 1. The maximum absolute atomic E-state index is 12.4. The lowest BCUT2D eigenvalue weighted by atomic mass is 10.1. The summed E-state index contributed by atoms with van der Waals surface area (Å²) in [4.78, 5) is 25.1. The molecule has 1 aromatic carbocycles. The summed E-state index contributed by atoms with van der Waals surface area (Å²) in [5, 5.41) is 8.97. The Bertz CT molecular complexity index is 451. The number of carboxylic acids is 1.